The van der Waals surface area contributed by atoms with E-state index in [9.17, 15) is 14.0 Å². The Morgan fingerprint density at radius 3 is 2.63 bits per heavy atom. The molecule has 5 heteroatoms. The van der Waals surface area contributed by atoms with Gasteiger partial charge in [-0.2, -0.15) is 0 Å². The van der Waals surface area contributed by atoms with Gasteiger partial charge < -0.3 is 10.4 Å². The van der Waals surface area contributed by atoms with Crippen LogP contribution < -0.4 is 5.32 Å². The minimum Gasteiger partial charge on any atom is -0.480 e. The van der Waals surface area contributed by atoms with Gasteiger partial charge in [0.2, 0.25) is 5.91 Å². The average Bonchev–Trinajstić information content (AvgIpc) is 2.37. The second kappa shape index (κ2) is 7.51. The average molecular weight is 267 g/mol. The second-order valence-corrected chi connectivity index (χ2v) is 4.37. The van der Waals surface area contributed by atoms with Crippen LogP contribution in [0.4, 0.5) is 4.39 Å². The van der Waals surface area contributed by atoms with Gasteiger partial charge in [-0.15, -0.1) is 0 Å². The lowest BCUT2D eigenvalue weighted by atomic mass is 10.1. The van der Waals surface area contributed by atoms with Crippen molar-refractivity contribution in [3.05, 3.63) is 35.6 Å². The highest BCUT2D eigenvalue weighted by atomic mass is 19.1. The number of halogens is 1. The lowest BCUT2D eigenvalue weighted by molar-refractivity contribution is -0.142. The number of nitrogens with one attached hydrogen (secondary N) is 1. The molecule has 1 rings (SSSR count). The van der Waals surface area contributed by atoms with Crippen LogP contribution in [0.5, 0.6) is 0 Å². The fraction of sp³-hybridized carbons (Fsp3) is 0.429. The van der Waals surface area contributed by atoms with Crippen molar-refractivity contribution in [2.24, 2.45) is 0 Å². The normalized spacial score (nSPS) is 11.9. The van der Waals surface area contributed by atoms with Crippen molar-refractivity contribution in [3.8, 4) is 0 Å². The smallest absolute Gasteiger partial charge is 0.326 e. The summed E-state index contributed by atoms with van der Waals surface area (Å²) in [5.41, 5.74) is 0.264. The summed E-state index contributed by atoms with van der Waals surface area (Å²) in [6, 6.07) is 5.06. The summed E-state index contributed by atoms with van der Waals surface area (Å²) in [6.07, 6.45) is 1.81. The van der Waals surface area contributed by atoms with Gasteiger partial charge in [0, 0.05) is 0 Å². The number of hydrogen-bond donors (Lipinski definition) is 2. The molecule has 0 heterocycles. The van der Waals surface area contributed by atoms with E-state index in [0.717, 1.165) is 12.8 Å². The Kier molecular flexibility index (Phi) is 5.99. The molecule has 0 aliphatic rings. The van der Waals surface area contributed by atoms with Crippen LogP contribution in [0.1, 0.15) is 31.7 Å². The molecular formula is C14H18FNO3. The first-order valence-corrected chi connectivity index (χ1v) is 6.30. The largest absolute Gasteiger partial charge is 0.480 e. The summed E-state index contributed by atoms with van der Waals surface area (Å²) < 4.78 is 13.4. The molecule has 4 nitrogen and oxygen atoms in total. The zero-order valence-corrected chi connectivity index (χ0v) is 10.9. The SMILES string of the molecule is CCCC[C@H](NC(=O)Cc1ccccc1F)C(=O)O. The third-order valence-corrected chi connectivity index (χ3v) is 2.79. The predicted octanol–water partition coefficient (Wildman–Crippen LogP) is 2.13. The van der Waals surface area contributed by atoms with Gasteiger partial charge in [0.15, 0.2) is 0 Å². The summed E-state index contributed by atoms with van der Waals surface area (Å²) in [7, 11) is 0. The van der Waals surface area contributed by atoms with Crippen LogP contribution in [-0.4, -0.2) is 23.0 Å². The molecule has 2 N–H and O–H groups in total. The summed E-state index contributed by atoms with van der Waals surface area (Å²) in [4.78, 5) is 22.7. The fourth-order valence-corrected chi connectivity index (χ4v) is 1.73. The Morgan fingerprint density at radius 2 is 2.05 bits per heavy atom. The van der Waals surface area contributed by atoms with E-state index in [2.05, 4.69) is 5.32 Å². The van der Waals surface area contributed by atoms with Crippen molar-refractivity contribution in [1.82, 2.24) is 5.32 Å². The van der Waals surface area contributed by atoms with Gasteiger partial charge in [0.05, 0.1) is 6.42 Å². The number of unbranched alkanes of at least 4 members (excludes halogenated alkanes) is 1. The van der Waals surface area contributed by atoms with Crippen molar-refractivity contribution in [2.45, 2.75) is 38.6 Å². The maximum Gasteiger partial charge on any atom is 0.326 e. The Bertz CT molecular complexity index is 448. The molecule has 0 radical (unpaired) electrons. The first kappa shape index (κ1) is 15.1. The van der Waals surface area contributed by atoms with Gasteiger partial charge in [0.25, 0.3) is 0 Å². The molecule has 0 bridgehead atoms. The van der Waals surface area contributed by atoms with Crippen molar-refractivity contribution >= 4 is 11.9 Å². The fourth-order valence-electron chi connectivity index (χ4n) is 1.73. The van der Waals surface area contributed by atoms with Gasteiger partial charge in [-0.05, 0) is 18.1 Å². The Hall–Kier alpha value is -1.91. The summed E-state index contributed by atoms with van der Waals surface area (Å²) in [6.45, 7) is 1.94. The number of carbonyl (C=O) groups excluding carboxylic acids is 1. The van der Waals surface area contributed by atoms with Crippen LogP contribution in [-0.2, 0) is 16.0 Å². The number of rotatable bonds is 7. The van der Waals surface area contributed by atoms with Crippen LogP contribution in [0.15, 0.2) is 24.3 Å². The van der Waals surface area contributed by atoms with Gasteiger partial charge >= 0.3 is 5.97 Å². The number of hydrogen-bond acceptors (Lipinski definition) is 2. The zero-order valence-electron chi connectivity index (χ0n) is 10.9. The number of aliphatic carboxylic acids is 1. The third-order valence-electron chi connectivity index (χ3n) is 2.79. The summed E-state index contributed by atoms with van der Waals surface area (Å²) in [5, 5.41) is 11.4. The molecule has 0 saturated carbocycles. The quantitative estimate of drug-likeness (QED) is 0.795. The minimum atomic E-state index is -1.06. The van der Waals surface area contributed by atoms with Crippen LogP contribution in [0.25, 0.3) is 0 Å². The monoisotopic (exact) mass is 267 g/mol. The Balaban J connectivity index is 2.58. The highest BCUT2D eigenvalue weighted by molar-refractivity contribution is 5.84. The van der Waals surface area contributed by atoms with Gasteiger partial charge in [-0.25, -0.2) is 9.18 Å². The maximum atomic E-state index is 13.4. The molecule has 0 spiro atoms. The van der Waals surface area contributed by atoms with E-state index >= 15 is 0 Å². The minimum absolute atomic E-state index is 0.150. The van der Waals surface area contributed by atoms with Crippen molar-refractivity contribution in [2.75, 3.05) is 0 Å². The standard InChI is InChI=1S/C14H18FNO3/c1-2-3-8-12(14(18)19)16-13(17)9-10-6-4-5-7-11(10)15/h4-7,12H,2-3,8-9H2,1H3,(H,16,17)(H,18,19)/t12-/m0/s1. The summed E-state index contributed by atoms with van der Waals surface area (Å²) >= 11 is 0. The lowest BCUT2D eigenvalue weighted by Gasteiger charge is -2.14. The van der Waals surface area contributed by atoms with Crippen LogP contribution in [0, 0.1) is 5.82 Å². The highest BCUT2D eigenvalue weighted by Crippen LogP contribution is 2.08. The highest BCUT2D eigenvalue weighted by Gasteiger charge is 2.19. The molecule has 0 aromatic heterocycles. The van der Waals surface area contributed by atoms with E-state index < -0.39 is 23.7 Å². The number of benzene rings is 1. The first-order valence-electron chi connectivity index (χ1n) is 6.30. The molecule has 0 unspecified atom stereocenters. The van der Waals surface area contributed by atoms with E-state index in [0.29, 0.717) is 6.42 Å². The third kappa shape index (κ3) is 5.07. The molecule has 1 aromatic carbocycles. The number of carboxylic acids is 1. The van der Waals surface area contributed by atoms with Crippen LogP contribution in [0.3, 0.4) is 0 Å². The first-order chi connectivity index (χ1) is 9.04. The molecule has 0 aliphatic heterocycles. The van der Waals surface area contributed by atoms with Crippen molar-refractivity contribution in [3.63, 3.8) is 0 Å². The zero-order chi connectivity index (χ0) is 14.3. The van der Waals surface area contributed by atoms with E-state index in [-0.39, 0.29) is 12.0 Å². The van der Waals surface area contributed by atoms with E-state index in [1.807, 2.05) is 6.92 Å². The van der Waals surface area contributed by atoms with Crippen LogP contribution in [0.2, 0.25) is 0 Å². The lowest BCUT2D eigenvalue weighted by Crippen LogP contribution is -2.41. The van der Waals surface area contributed by atoms with Crippen molar-refractivity contribution < 1.29 is 19.1 Å². The topological polar surface area (TPSA) is 66.4 Å². The van der Waals surface area contributed by atoms with Gasteiger partial charge in [0.1, 0.15) is 11.9 Å². The summed E-state index contributed by atoms with van der Waals surface area (Å²) in [5.74, 6) is -2.00. The second-order valence-electron chi connectivity index (χ2n) is 4.37. The number of amides is 1. The van der Waals surface area contributed by atoms with Crippen molar-refractivity contribution in [1.29, 1.82) is 0 Å². The van der Waals surface area contributed by atoms with Crippen LogP contribution >= 0.6 is 0 Å². The Labute approximate surface area is 111 Å². The van der Waals surface area contributed by atoms with E-state index in [1.54, 1.807) is 6.07 Å². The van der Waals surface area contributed by atoms with E-state index in [1.165, 1.54) is 18.2 Å². The molecule has 104 valence electrons. The molecule has 1 aromatic rings. The predicted molar refractivity (Wildman–Crippen MR) is 69.2 cm³/mol. The molecular weight excluding hydrogens is 249 g/mol. The maximum absolute atomic E-state index is 13.4. The Morgan fingerprint density at radius 1 is 1.37 bits per heavy atom. The molecule has 1 atom stereocenters. The van der Waals surface area contributed by atoms with Gasteiger partial charge in [-0.3, -0.25) is 4.79 Å². The molecule has 0 saturated heterocycles. The number of carboxylic acid groups (broad SMARTS) is 1. The van der Waals surface area contributed by atoms with E-state index in [4.69, 9.17) is 5.11 Å². The molecule has 0 fully saturated rings. The molecule has 1 amide bonds. The van der Waals surface area contributed by atoms with Gasteiger partial charge in [-0.1, -0.05) is 38.0 Å². The molecule has 19 heavy (non-hydrogen) atoms. The molecule has 0 aliphatic carbocycles. The number of carbonyl (C=O) groups is 2.